The molecule has 1 fully saturated rings. The number of hydrogen-bond acceptors (Lipinski definition) is 6. The van der Waals surface area contributed by atoms with E-state index in [4.69, 9.17) is 0 Å². The van der Waals surface area contributed by atoms with Crippen molar-refractivity contribution in [2.75, 3.05) is 52.4 Å². The van der Waals surface area contributed by atoms with Crippen LogP contribution in [0.3, 0.4) is 0 Å². The van der Waals surface area contributed by atoms with Crippen molar-refractivity contribution in [3.63, 3.8) is 0 Å². The lowest BCUT2D eigenvalue weighted by Gasteiger charge is -2.25. The maximum atomic E-state index is 9.55. The number of hydroxylamine groups is 4. The fourth-order valence-electron chi connectivity index (χ4n) is 1.79. The van der Waals surface area contributed by atoms with Gasteiger partial charge in [0.1, 0.15) is 0 Å². The number of nitrogens with zero attached hydrogens (tertiary/aromatic N) is 2. The van der Waals surface area contributed by atoms with Gasteiger partial charge in [0.05, 0.1) is 0 Å². The summed E-state index contributed by atoms with van der Waals surface area (Å²) in [6.45, 7) is 9.81. The first kappa shape index (κ1) is 14.8. The molecule has 6 heteroatoms. The Balaban J connectivity index is 2.40. The Morgan fingerprint density at radius 2 is 1.24 bits per heavy atom. The van der Waals surface area contributed by atoms with Gasteiger partial charge < -0.3 is 21.0 Å². The second kappa shape index (κ2) is 7.25. The Morgan fingerprint density at radius 3 is 1.65 bits per heavy atom. The molecule has 0 spiro atoms. The van der Waals surface area contributed by atoms with E-state index in [1.807, 2.05) is 0 Å². The van der Waals surface area contributed by atoms with Crippen LogP contribution in [0.25, 0.3) is 0 Å². The summed E-state index contributed by atoms with van der Waals surface area (Å²) >= 11 is 0. The third-order valence-corrected chi connectivity index (χ3v) is 2.92. The van der Waals surface area contributed by atoms with E-state index in [0.717, 1.165) is 26.2 Å². The number of hydrogen-bond donors (Lipinski definition) is 4. The van der Waals surface area contributed by atoms with Gasteiger partial charge >= 0.3 is 0 Å². The molecule has 0 amide bonds. The van der Waals surface area contributed by atoms with Crippen molar-refractivity contribution >= 4 is 0 Å². The number of rotatable bonds is 0. The Labute approximate surface area is 103 Å². The van der Waals surface area contributed by atoms with Gasteiger partial charge in [0.15, 0.2) is 0 Å². The van der Waals surface area contributed by atoms with Crippen LogP contribution in [0.4, 0.5) is 0 Å². The van der Waals surface area contributed by atoms with E-state index in [2.05, 4.69) is 24.5 Å². The Kier molecular flexibility index (Phi) is 6.32. The van der Waals surface area contributed by atoms with Gasteiger partial charge in [-0.3, -0.25) is 0 Å². The lowest BCUT2D eigenvalue weighted by Crippen LogP contribution is -2.40. The van der Waals surface area contributed by atoms with E-state index in [1.54, 1.807) is 0 Å². The van der Waals surface area contributed by atoms with Gasteiger partial charge in [-0.1, -0.05) is 13.8 Å². The summed E-state index contributed by atoms with van der Waals surface area (Å²) in [5, 5.41) is 28.3. The van der Waals surface area contributed by atoms with Crippen LogP contribution in [-0.4, -0.2) is 72.9 Å². The Hall–Kier alpha value is -0.240. The monoisotopic (exact) mass is 246 g/mol. The summed E-state index contributed by atoms with van der Waals surface area (Å²) in [5.41, 5.74) is 0.175. The largest absolute Gasteiger partial charge is 0.315 e. The molecule has 1 saturated heterocycles. The van der Waals surface area contributed by atoms with E-state index in [0.29, 0.717) is 26.2 Å². The smallest absolute Gasteiger partial charge is 0.0389 e. The van der Waals surface area contributed by atoms with Gasteiger partial charge in [0.2, 0.25) is 0 Å². The van der Waals surface area contributed by atoms with Crippen LogP contribution in [-0.2, 0) is 0 Å². The molecule has 0 atom stereocenters. The van der Waals surface area contributed by atoms with Crippen LogP contribution >= 0.6 is 0 Å². The van der Waals surface area contributed by atoms with Crippen LogP contribution < -0.4 is 10.6 Å². The van der Waals surface area contributed by atoms with Crippen LogP contribution in [0.2, 0.25) is 0 Å². The van der Waals surface area contributed by atoms with Gasteiger partial charge in [-0.15, -0.1) is 0 Å². The van der Waals surface area contributed by atoms with E-state index in [9.17, 15) is 10.4 Å². The van der Waals surface area contributed by atoms with Crippen molar-refractivity contribution in [3.8, 4) is 0 Å². The fourth-order valence-corrected chi connectivity index (χ4v) is 1.79. The first-order valence-electron chi connectivity index (χ1n) is 6.29. The summed E-state index contributed by atoms with van der Waals surface area (Å²) in [4.78, 5) is 0. The first-order chi connectivity index (χ1) is 7.99. The van der Waals surface area contributed by atoms with Crippen LogP contribution in [0.5, 0.6) is 0 Å². The second-order valence-electron chi connectivity index (χ2n) is 5.43. The standard InChI is InChI=1S/C11H26N4O2/c1-11(2)9-12-3-5-14(16)7-8-15(17)6-4-13-10-11/h12-13,16-17H,3-10H2,1-2H3. The molecule has 1 aliphatic heterocycles. The molecule has 0 saturated carbocycles. The molecule has 1 heterocycles. The fraction of sp³-hybridized carbons (Fsp3) is 1.00. The zero-order chi connectivity index (χ0) is 12.7. The zero-order valence-corrected chi connectivity index (χ0v) is 10.9. The molecule has 0 radical (unpaired) electrons. The summed E-state index contributed by atoms with van der Waals surface area (Å²) in [5.74, 6) is 0. The molecule has 1 rings (SSSR count). The predicted octanol–water partition coefficient (Wildman–Crippen LogP) is -0.412. The third-order valence-electron chi connectivity index (χ3n) is 2.92. The Morgan fingerprint density at radius 1 is 0.824 bits per heavy atom. The average molecular weight is 246 g/mol. The van der Waals surface area contributed by atoms with Crippen molar-refractivity contribution < 1.29 is 10.4 Å². The van der Waals surface area contributed by atoms with Gasteiger partial charge in [-0.05, 0) is 5.41 Å². The highest BCUT2D eigenvalue weighted by Crippen LogP contribution is 2.11. The molecule has 0 aromatic rings. The third kappa shape index (κ3) is 6.92. The van der Waals surface area contributed by atoms with E-state index < -0.39 is 0 Å². The van der Waals surface area contributed by atoms with Crippen molar-refractivity contribution in [2.45, 2.75) is 13.8 Å². The molecule has 17 heavy (non-hydrogen) atoms. The highest BCUT2D eigenvalue weighted by Gasteiger charge is 2.17. The molecule has 0 aromatic heterocycles. The van der Waals surface area contributed by atoms with Crippen LogP contribution in [0, 0.1) is 5.41 Å². The molecule has 1 aliphatic rings. The van der Waals surface area contributed by atoms with Gasteiger partial charge in [-0.2, -0.15) is 10.1 Å². The topological polar surface area (TPSA) is 71.0 Å². The normalized spacial score (nSPS) is 26.8. The van der Waals surface area contributed by atoms with Crippen molar-refractivity contribution in [3.05, 3.63) is 0 Å². The summed E-state index contributed by atoms with van der Waals surface area (Å²) < 4.78 is 0. The van der Waals surface area contributed by atoms with Crippen molar-refractivity contribution in [2.24, 2.45) is 5.41 Å². The molecular weight excluding hydrogens is 220 g/mol. The molecule has 4 N–H and O–H groups in total. The molecule has 6 nitrogen and oxygen atoms in total. The van der Waals surface area contributed by atoms with E-state index >= 15 is 0 Å². The molecular formula is C11H26N4O2. The second-order valence-corrected chi connectivity index (χ2v) is 5.43. The van der Waals surface area contributed by atoms with Gasteiger partial charge in [0, 0.05) is 52.4 Å². The van der Waals surface area contributed by atoms with Gasteiger partial charge in [0.25, 0.3) is 0 Å². The summed E-state index contributed by atoms with van der Waals surface area (Å²) in [6.07, 6.45) is 0. The lowest BCUT2D eigenvalue weighted by atomic mass is 9.93. The maximum Gasteiger partial charge on any atom is 0.0389 e. The van der Waals surface area contributed by atoms with E-state index in [-0.39, 0.29) is 5.41 Å². The summed E-state index contributed by atoms with van der Waals surface area (Å²) in [6, 6.07) is 0. The highest BCUT2D eigenvalue weighted by molar-refractivity contribution is 4.75. The minimum Gasteiger partial charge on any atom is -0.315 e. The molecule has 0 bridgehead atoms. The summed E-state index contributed by atoms with van der Waals surface area (Å²) in [7, 11) is 0. The number of nitrogens with one attached hydrogen (secondary N) is 2. The molecule has 102 valence electrons. The minimum atomic E-state index is 0.175. The van der Waals surface area contributed by atoms with Gasteiger partial charge in [-0.25, -0.2) is 0 Å². The van der Waals surface area contributed by atoms with Crippen molar-refractivity contribution in [1.29, 1.82) is 0 Å². The minimum absolute atomic E-state index is 0.175. The SMILES string of the molecule is CC1(C)CNCCN(O)CCN(O)CCNC1. The highest BCUT2D eigenvalue weighted by atomic mass is 16.5. The molecule has 0 aromatic carbocycles. The lowest BCUT2D eigenvalue weighted by molar-refractivity contribution is -0.136. The average Bonchev–Trinajstić information content (AvgIpc) is 2.27. The molecule has 0 unspecified atom stereocenters. The molecule has 0 aliphatic carbocycles. The van der Waals surface area contributed by atoms with Crippen molar-refractivity contribution in [1.82, 2.24) is 20.8 Å². The Bertz CT molecular complexity index is 194. The zero-order valence-electron chi connectivity index (χ0n) is 10.9. The predicted molar refractivity (Wildman–Crippen MR) is 66.2 cm³/mol. The maximum absolute atomic E-state index is 9.55. The quantitative estimate of drug-likeness (QED) is 0.466. The van der Waals surface area contributed by atoms with Crippen LogP contribution in [0.1, 0.15) is 13.8 Å². The van der Waals surface area contributed by atoms with Crippen LogP contribution in [0.15, 0.2) is 0 Å². The van der Waals surface area contributed by atoms with E-state index in [1.165, 1.54) is 10.1 Å². The first-order valence-corrected chi connectivity index (χ1v) is 6.29.